The van der Waals surface area contributed by atoms with E-state index in [4.69, 9.17) is 0 Å². The van der Waals surface area contributed by atoms with E-state index in [0.717, 1.165) is 5.56 Å². The minimum atomic E-state index is 0.142. The Labute approximate surface area is 86.1 Å². The summed E-state index contributed by atoms with van der Waals surface area (Å²) in [6.07, 6.45) is 7.02. The molecule has 0 aliphatic heterocycles. The molecule has 1 atom stereocenters. The molecule has 0 spiro atoms. The molecule has 0 radical (unpaired) electrons. The molecule has 4 nitrogen and oxygen atoms in total. The first-order chi connectivity index (χ1) is 6.92. The van der Waals surface area contributed by atoms with Gasteiger partial charge in [-0.05, 0) is 7.05 Å². The maximum Gasteiger partial charge on any atom is 0.115 e. The van der Waals surface area contributed by atoms with Crippen LogP contribution in [0.3, 0.4) is 0 Å². The highest BCUT2D eigenvalue weighted by molar-refractivity contribution is 7.09. The lowest BCUT2D eigenvalue weighted by Gasteiger charge is -2.12. The highest BCUT2D eigenvalue weighted by Crippen LogP contribution is 2.22. The number of aromatic nitrogens is 3. The molecule has 0 aromatic carbocycles. The van der Waals surface area contributed by atoms with Gasteiger partial charge >= 0.3 is 0 Å². The predicted octanol–water partition coefficient (Wildman–Crippen LogP) is 1.24. The van der Waals surface area contributed by atoms with Crippen molar-refractivity contribution in [3.63, 3.8) is 0 Å². The van der Waals surface area contributed by atoms with E-state index < -0.39 is 0 Å². The second-order valence-electron chi connectivity index (χ2n) is 2.80. The van der Waals surface area contributed by atoms with Crippen LogP contribution in [0.25, 0.3) is 0 Å². The Balaban J connectivity index is 2.31. The lowest BCUT2D eigenvalue weighted by Crippen LogP contribution is -2.16. The summed E-state index contributed by atoms with van der Waals surface area (Å²) < 4.78 is 0. The van der Waals surface area contributed by atoms with Crippen molar-refractivity contribution in [1.29, 1.82) is 0 Å². The minimum Gasteiger partial charge on any atom is -0.309 e. The third-order valence-corrected chi connectivity index (χ3v) is 2.78. The third-order valence-electron chi connectivity index (χ3n) is 1.94. The summed E-state index contributed by atoms with van der Waals surface area (Å²) >= 11 is 1.62. The summed E-state index contributed by atoms with van der Waals surface area (Å²) in [5.74, 6) is 0. The van der Waals surface area contributed by atoms with Crippen LogP contribution >= 0.6 is 11.3 Å². The van der Waals surface area contributed by atoms with Crippen molar-refractivity contribution < 1.29 is 0 Å². The minimum absolute atomic E-state index is 0.142. The highest BCUT2D eigenvalue weighted by atomic mass is 32.1. The lowest BCUT2D eigenvalue weighted by molar-refractivity contribution is 0.695. The molecular weight excluding hydrogens is 196 g/mol. The van der Waals surface area contributed by atoms with Crippen LogP contribution in [0.1, 0.15) is 16.5 Å². The normalized spacial score (nSPS) is 12.6. The van der Waals surface area contributed by atoms with Crippen molar-refractivity contribution in [3.05, 3.63) is 40.9 Å². The maximum absolute atomic E-state index is 4.05. The molecule has 2 heterocycles. The van der Waals surface area contributed by atoms with Crippen molar-refractivity contribution in [1.82, 2.24) is 20.3 Å². The van der Waals surface area contributed by atoms with Gasteiger partial charge in [0.15, 0.2) is 0 Å². The van der Waals surface area contributed by atoms with E-state index in [0.29, 0.717) is 0 Å². The van der Waals surface area contributed by atoms with Gasteiger partial charge in [-0.3, -0.25) is 4.98 Å². The number of rotatable bonds is 3. The summed E-state index contributed by atoms with van der Waals surface area (Å²) in [5, 5.41) is 3.21. The molecule has 0 amide bonds. The van der Waals surface area contributed by atoms with Crippen molar-refractivity contribution in [2.24, 2.45) is 0 Å². The van der Waals surface area contributed by atoms with Crippen LogP contribution < -0.4 is 5.32 Å². The molecule has 0 aliphatic carbocycles. The van der Waals surface area contributed by atoms with Gasteiger partial charge in [-0.1, -0.05) is 0 Å². The molecule has 2 aromatic rings. The first kappa shape index (κ1) is 9.23. The van der Waals surface area contributed by atoms with E-state index in [2.05, 4.69) is 20.3 Å². The maximum atomic E-state index is 4.05. The highest BCUT2D eigenvalue weighted by Gasteiger charge is 2.13. The SMILES string of the molecule is CNC(c1cncnc1)c1cncs1. The largest absolute Gasteiger partial charge is 0.309 e. The molecular formula is C9H10N4S. The third kappa shape index (κ3) is 1.78. The van der Waals surface area contributed by atoms with Gasteiger partial charge in [0.25, 0.3) is 0 Å². The van der Waals surface area contributed by atoms with Gasteiger partial charge in [-0.25, -0.2) is 9.97 Å². The van der Waals surface area contributed by atoms with Gasteiger partial charge in [0, 0.05) is 29.0 Å². The Morgan fingerprint density at radius 2 is 2.00 bits per heavy atom. The topological polar surface area (TPSA) is 50.7 Å². The summed E-state index contributed by atoms with van der Waals surface area (Å²) in [4.78, 5) is 13.2. The second-order valence-corrected chi connectivity index (χ2v) is 3.72. The van der Waals surface area contributed by atoms with Crippen molar-refractivity contribution >= 4 is 11.3 Å². The monoisotopic (exact) mass is 206 g/mol. The van der Waals surface area contributed by atoms with Crippen LogP contribution in [0.5, 0.6) is 0 Å². The summed E-state index contributed by atoms with van der Waals surface area (Å²) in [7, 11) is 1.91. The molecule has 0 fully saturated rings. The van der Waals surface area contributed by atoms with Gasteiger partial charge in [-0.15, -0.1) is 11.3 Å². The summed E-state index contributed by atoms with van der Waals surface area (Å²) in [5.41, 5.74) is 2.88. The molecule has 14 heavy (non-hydrogen) atoms. The van der Waals surface area contributed by atoms with E-state index in [-0.39, 0.29) is 6.04 Å². The van der Waals surface area contributed by atoms with Gasteiger partial charge < -0.3 is 5.32 Å². The lowest BCUT2D eigenvalue weighted by atomic mass is 10.1. The Morgan fingerprint density at radius 3 is 2.57 bits per heavy atom. The van der Waals surface area contributed by atoms with Crippen molar-refractivity contribution in [2.75, 3.05) is 7.05 Å². The number of hydrogen-bond donors (Lipinski definition) is 1. The molecule has 1 N–H and O–H groups in total. The van der Waals surface area contributed by atoms with Gasteiger partial charge in [-0.2, -0.15) is 0 Å². The smallest absolute Gasteiger partial charge is 0.115 e. The fourth-order valence-corrected chi connectivity index (χ4v) is 2.06. The molecule has 72 valence electrons. The summed E-state index contributed by atoms with van der Waals surface area (Å²) in [6.45, 7) is 0. The van der Waals surface area contributed by atoms with Gasteiger partial charge in [0.2, 0.25) is 0 Å². The van der Waals surface area contributed by atoms with Crippen LogP contribution in [-0.2, 0) is 0 Å². The molecule has 2 aromatic heterocycles. The average Bonchev–Trinajstić information content (AvgIpc) is 2.74. The van der Waals surface area contributed by atoms with Crippen LogP contribution in [0, 0.1) is 0 Å². The molecule has 5 heteroatoms. The van der Waals surface area contributed by atoms with Crippen LogP contribution in [0.4, 0.5) is 0 Å². The predicted molar refractivity (Wildman–Crippen MR) is 55.0 cm³/mol. The number of hydrogen-bond acceptors (Lipinski definition) is 5. The van der Waals surface area contributed by atoms with Crippen molar-refractivity contribution in [2.45, 2.75) is 6.04 Å². The molecule has 0 bridgehead atoms. The first-order valence-corrected chi connectivity index (χ1v) is 5.10. The average molecular weight is 206 g/mol. The zero-order chi connectivity index (χ0) is 9.80. The van der Waals surface area contributed by atoms with E-state index in [1.807, 2.05) is 31.1 Å². The second kappa shape index (κ2) is 4.26. The Hall–Kier alpha value is -1.33. The van der Waals surface area contributed by atoms with E-state index in [1.165, 1.54) is 11.2 Å². The molecule has 0 saturated carbocycles. The fraction of sp³-hybridized carbons (Fsp3) is 0.222. The quantitative estimate of drug-likeness (QED) is 0.821. The zero-order valence-corrected chi connectivity index (χ0v) is 8.53. The van der Waals surface area contributed by atoms with Gasteiger partial charge in [0.1, 0.15) is 6.33 Å². The van der Waals surface area contributed by atoms with Gasteiger partial charge in [0.05, 0.1) is 11.6 Å². The van der Waals surface area contributed by atoms with Crippen LogP contribution in [0.15, 0.2) is 30.4 Å². The zero-order valence-electron chi connectivity index (χ0n) is 7.71. The molecule has 2 rings (SSSR count). The summed E-state index contributed by atoms with van der Waals surface area (Å²) in [6, 6.07) is 0.142. The Kier molecular flexibility index (Phi) is 2.81. The van der Waals surface area contributed by atoms with E-state index in [1.54, 1.807) is 11.3 Å². The molecule has 0 saturated heterocycles. The fourth-order valence-electron chi connectivity index (χ4n) is 1.30. The van der Waals surface area contributed by atoms with Crippen LogP contribution in [-0.4, -0.2) is 22.0 Å². The Bertz CT molecular complexity index is 373. The number of thiazole rings is 1. The van der Waals surface area contributed by atoms with Crippen molar-refractivity contribution in [3.8, 4) is 0 Å². The number of nitrogens with zero attached hydrogens (tertiary/aromatic N) is 3. The van der Waals surface area contributed by atoms with E-state index in [9.17, 15) is 0 Å². The molecule has 0 aliphatic rings. The van der Waals surface area contributed by atoms with E-state index >= 15 is 0 Å². The van der Waals surface area contributed by atoms with Crippen LogP contribution in [0.2, 0.25) is 0 Å². The molecule has 1 unspecified atom stereocenters. The number of nitrogens with one attached hydrogen (secondary N) is 1. The standard InChI is InChI=1S/C9H10N4S/c1-10-9(8-4-13-6-14-8)7-2-11-5-12-3-7/h2-6,9-10H,1H3. The Morgan fingerprint density at radius 1 is 1.21 bits per heavy atom. The first-order valence-electron chi connectivity index (χ1n) is 4.22.